The Morgan fingerprint density at radius 3 is 2.61 bits per heavy atom. The molecule has 6 heteroatoms. The number of rotatable bonds is 3. The zero-order valence-electron chi connectivity index (χ0n) is 14.0. The summed E-state index contributed by atoms with van der Waals surface area (Å²) in [5, 5.41) is 0. The Kier molecular flexibility index (Phi) is 4.24. The highest BCUT2D eigenvalue weighted by atomic mass is 16.2. The predicted octanol–water partition coefficient (Wildman–Crippen LogP) is 2.01. The van der Waals surface area contributed by atoms with Crippen molar-refractivity contribution in [3.05, 3.63) is 28.8 Å². The fraction of sp³-hybridized carbons (Fsp3) is 0.588. The third-order valence-electron chi connectivity index (χ3n) is 4.87. The number of imidazole rings is 1. The van der Waals surface area contributed by atoms with Crippen LogP contribution in [0.2, 0.25) is 0 Å². The first-order valence-electron chi connectivity index (χ1n) is 8.39. The minimum Gasteiger partial charge on any atom is -0.336 e. The van der Waals surface area contributed by atoms with Gasteiger partial charge in [-0.2, -0.15) is 0 Å². The Labute approximate surface area is 135 Å². The van der Waals surface area contributed by atoms with Crippen molar-refractivity contribution in [3.63, 3.8) is 0 Å². The van der Waals surface area contributed by atoms with E-state index in [1.54, 1.807) is 21.4 Å². The molecule has 0 aliphatic carbocycles. The third-order valence-corrected chi connectivity index (χ3v) is 4.87. The zero-order chi connectivity index (χ0) is 16.6. The molecule has 0 aromatic carbocycles. The van der Waals surface area contributed by atoms with Gasteiger partial charge in [0, 0.05) is 24.8 Å². The van der Waals surface area contributed by atoms with E-state index in [4.69, 9.17) is 0 Å². The molecule has 124 valence electrons. The summed E-state index contributed by atoms with van der Waals surface area (Å²) in [5.41, 5.74) is 1.21. The quantitative estimate of drug-likeness (QED) is 0.870. The fourth-order valence-corrected chi connectivity index (χ4v) is 3.71. The summed E-state index contributed by atoms with van der Waals surface area (Å²) < 4.78 is 3.17. The number of carbonyl (C=O) groups excluding carboxylic acids is 1. The van der Waals surface area contributed by atoms with Gasteiger partial charge in [0.25, 0.3) is 0 Å². The highest BCUT2D eigenvalue weighted by Crippen LogP contribution is 2.23. The van der Waals surface area contributed by atoms with Crippen molar-refractivity contribution >= 4 is 17.1 Å². The lowest BCUT2D eigenvalue weighted by Gasteiger charge is -2.39. The molecule has 0 saturated carbocycles. The number of piperidine rings is 1. The average Bonchev–Trinajstić information content (AvgIpc) is 2.79. The molecule has 0 unspecified atom stereocenters. The Bertz CT molecular complexity index is 766. The smallest absolute Gasteiger partial charge is 0.330 e. The standard InChI is InChI=1S/C17H24N4O2/c1-4-19-16-14(9-6-10-18-16)20(17(19)23)11-15(22)21-12(2)7-5-8-13(21)3/h6,9-10,12-13H,4-5,7-8,11H2,1-3H3/t12-,13+. The van der Waals surface area contributed by atoms with E-state index in [1.807, 2.05) is 17.9 Å². The van der Waals surface area contributed by atoms with Crippen LogP contribution in [0.5, 0.6) is 0 Å². The normalized spacial score (nSPS) is 21.8. The van der Waals surface area contributed by atoms with Gasteiger partial charge in [-0.25, -0.2) is 9.78 Å². The molecule has 0 spiro atoms. The topological polar surface area (TPSA) is 60.1 Å². The number of hydrogen-bond donors (Lipinski definition) is 0. The summed E-state index contributed by atoms with van der Waals surface area (Å²) in [5.74, 6) is 0.0193. The second-order valence-corrected chi connectivity index (χ2v) is 6.39. The highest BCUT2D eigenvalue weighted by molar-refractivity contribution is 5.80. The molecule has 1 fully saturated rings. The molecule has 2 atom stereocenters. The van der Waals surface area contributed by atoms with E-state index >= 15 is 0 Å². The molecule has 3 rings (SSSR count). The number of aryl methyl sites for hydroxylation is 1. The maximum absolute atomic E-state index is 12.8. The van der Waals surface area contributed by atoms with E-state index in [2.05, 4.69) is 18.8 Å². The summed E-state index contributed by atoms with van der Waals surface area (Å²) in [7, 11) is 0. The van der Waals surface area contributed by atoms with Crippen molar-refractivity contribution in [2.45, 2.75) is 65.2 Å². The maximum Gasteiger partial charge on any atom is 0.330 e. The average molecular weight is 316 g/mol. The first-order chi connectivity index (χ1) is 11.0. The van der Waals surface area contributed by atoms with Gasteiger partial charge in [-0.05, 0) is 52.2 Å². The molecule has 0 bridgehead atoms. The van der Waals surface area contributed by atoms with Crippen molar-refractivity contribution in [1.82, 2.24) is 19.0 Å². The van der Waals surface area contributed by atoms with Crippen LogP contribution in [0.1, 0.15) is 40.0 Å². The van der Waals surface area contributed by atoms with Gasteiger partial charge in [-0.3, -0.25) is 13.9 Å². The largest absolute Gasteiger partial charge is 0.336 e. The Morgan fingerprint density at radius 2 is 1.96 bits per heavy atom. The molecule has 3 heterocycles. The molecule has 0 N–H and O–H groups in total. The maximum atomic E-state index is 12.8. The lowest BCUT2D eigenvalue weighted by Crippen LogP contribution is -2.49. The zero-order valence-corrected chi connectivity index (χ0v) is 14.0. The number of pyridine rings is 1. The van der Waals surface area contributed by atoms with Crippen LogP contribution in [0.4, 0.5) is 0 Å². The molecule has 2 aromatic rings. The molecule has 23 heavy (non-hydrogen) atoms. The van der Waals surface area contributed by atoms with Gasteiger partial charge in [0.1, 0.15) is 6.54 Å². The molecule has 2 aromatic heterocycles. The highest BCUT2D eigenvalue weighted by Gasteiger charge is 2.29. The number of carbonyl (C=O) groups is 1. The van der Waals surface area contributed by atoms with Crippen LogP contribution < -0.4 is 5.69 Å². The van der Waals surface area contributed by atoms with Crippen LogP contribution in [-0.4, -0.2) is 37.0 Å². The Balaban J connectivity index is 1.97. The van der Waals surface area contributed by atoms with Gasteiger partial charge < -0.3 is 4.90 Å². The first-order valence-corrected chi connectivity index (χ1v) is 8.39. The van der Waals surface area contributed by atoms with E-state index in [-0.39, 0.29) is 30.2 Å². The minimum absolute atomic E-state index is 0.0193. The van der Waals surface area contributed by atoms with Crippen LogP contribution in [0.15, 0.2) is 23.1 Å². The molecule has 1 aliphatic heterocycles. The first kappa shape index (κ1) is 15.8. The fourth-order valence-electron chi connectivity index (χ4n) is 3.71. The summed E-state index contributed by atoms with van der Waals surface area (Å²) in [6, 6.07) is 4.13. The third kappa shape index (κ3) is 2.66. The van der Waals surface area contributed by atoms with Crippen LogP contribution in [0.25, 0.3) is 11.2 Å². The Hall–Kier alpha value is -2.11. The van der Waals surface area contributed by atoms with Crippen molar-refractivity contribution < 1.29 is 4.79 Å². The second kappa shape index (κ2) is 6.18. The lowest BCUT2D eigenvalue weighted by atomic mass is 9.97. The molecule has 1 saturated heterocycles. The van der Waals surface area contributed by atoms with Crippen LogP contribution in [-0.2, 0) is 17.9 Å². The van der Waals surface area contributed by atoms with E-state index in [9.17, 15) is 9.59 Å². The predicted molar refractivity (Wildman–Crippen MR) is 89.3 cm³/mol. The van der Waals surface area contributed by atoms with Crippen molar-refractivity contribution in [2.24, 2.45) is 0 Å². The van der Waals surface area contributed by atoms with Crippen LogP contribution >= 0.6 is 0 Å². The number of hydrogen-bond acceptors (Lipinski definition) is 3. The van der Waals surface area contributed by atoms with Crippen molar-refractivity contribution in [1.29, 1.82) is 0 Å². The van der Waals surface area contributed by atoms with Crippen LogP contribution in [0.3, 0.4) is 0 Å². The van der Waals surface area contributed by atoms with Crippen molar-refractivity contribution in [2.75, 3.05) is 0 Å². The van der Waals surface area contributed by atoms with Gasteiger partial charge in [-0.1, -0.05) is 0 Å². The van der Waals surface area contributed by atoms with Gasteiger partial charge in [-0.15, -0.1) is 0 Å². The van der Waals surface area contributed by atoms with Gasteiger partial charge in [0.05, 0.1) is 5.52 Å². The monoisotopic (exact) mass is 316 g/mol. The number of nitrogens with zero attached hydrogens (tertiary/aromatic N) is 4. The molecular weight excluding hydrogens is 292 g/mol. The van der Waals surface area contributed by atoms with Crippen molar-refractivity contribution in [3.8, 4) is 0 Å². The van der Waals surface area contributed by atoms with E-state index < -0.39 is 0 Å². The molecule has 1 aliphatic rings. The van der Waals surface area contributed by atoms with Gasteiger partial charge >= 0.3 is 5.69 Å². The van der Waals surface area contributed by atoms with E-state index in [0.29, 0.717) is 12.2 Å². The summed E-state index contributed by atoms with van der Waals surface area (Å²) >= 11 is 0. The van der Waals surface area contributed by atoms with Gasteiger partial charge in [0.15, 0.2) is 5.65 Å². The number of fused-ring (bicyclic) bond motifs is 1. The Morgan fingerprint density at radius 1 is 1.26 bits per heavy atom. The van der Waals surface area contributed by atoms with E-state index in [1.165, 1.54) is 0 Å². The molecule has 0 radical (unpaired) electrons. The molecule has 1 amide bonds. The summed E-state index contributed by atoms with van der Waals surface area (Å²) in [6.07, 6.45) is 4.90. The lowest BCUT2D eigenvalue weighted by molar-refractivity contribution is -0.137. The number of amides is 1. The minimum atomic E-state index is -0.160. The second-order valence-electron chi connectivity index (χ2n) is 6.39. The van der Waals surface area contributed by atoms with Gasteiger partial charge in [0.2, 0.25) is 5.91 Å². The molecular formula is C17H24N4O2. The summed E-state index contributed by atoms with van der Waals surface area (Å²) in [6.45, 7) is 6.73. The number of aromatic nitrogens is 3. The number of likely N-dealkylation sites (tertiary alicyclic amines) is 1. The van der Waals surface area contributed by atoms with E-state index in [0.717, 1.165) is 24.8 Å². The SMILES string of the molecule is CCn1c(=O)n(CC(=O)N2[C@H](C)CCC[C@@H]2C)c2cccnc21. The summed E-state index contributed by atoms with van der Waals surface area (Å²) in [4.78, 5) is 31.7. The molecule has 6 nitrogen and oxygen atoms in total. The van der Waals surface area contributed by atoms with Crippen LogP contribution in [0, 0.1) is 0 Å².